The van der Waals surface area contributed by atoms with Crippen molar-refractivity contribution < 1.29 is 19.1 Å². The van der Waals surface area contributed by atoms with E-state index in [2.05, 4.69) is 0 Å². The van der Waals surface area contributed by atoms with Crippen LogP contribution >= 0.6 is 0 Å². The molecule has 2 unspecified atom stereocenters. The van der Waals surface area contributed by atoms with Crippen LogP contribution in [0.4, 0.5) is 10.1 Å². The number of likely N-dealkylation sites (tertiary alicyclic amines) is 1. The normalized spacial score (nSPS) is 22.6. The first-order valence-corrected chi connectivity index (χ1v) is 6.49. The number of anilines is 1. The van der Waals surface area contributed by atoms with Gasteiger partial charge in [0.15, 0.2) is 0 Å². The zero-order valence-corrected chi connectivity index (χ0v) is 11.2. The highest BCUT2D eigenvalue weighted by Crippen LogP contribution is 2.26. The molecule has 1 amide bonds. The number of hydrogen-bond donors (Lipinski definition) is 2. The van der Waals surface area contributed by atoms with Crippen LogP contribution in [0.5, 0.6) is 0 Å². The third-order valence-corrected chi connectivity index (χ3v) is 3.66. The number of rotatable bonds is 2. The third kappa shape index (κ3) is 2.74. The van der Waals surface area contributed by atoms with Crippen LogP contribution in [0.25, 0.3) is 0 Å². The predicted molar refractivity (Wildman–Crippen MR) is 71.7 cm³/mol. The summed E-state index contributed by atoms with van der Waals surface area (Å²) in [6.45, 7) is 2.29. The number of piperidine rings is 1. The lowest BCUT2D eigenvalue weighted by molar-refractivity contribution is -0.144. The Morgan fingerprint density at radius 2 is 2.15 bits per heavy atom. The van der Waals surface area contributed by atoms with Gasteiger partial charge in [0.1, 0.15) is 11.9 Å². The molecule has 0 bridgehead atoms. The smallest absolute Gasteiger partial charge is 0.326 e. The second-order valence-electron chi connectivity index (χ2n) is 5.21. The zero-order chi connectivity index (χ0) is 14.9. The Kier molecular flexibility index (Phi) is 3.92. The largest absolute Gasteiger partial charge is 0.480 e. The summed E-state index contributed by atoms with van der Waals surface area (Å²) in [5.41, 5.74) is 5.86. The van der Waals surface area contributed by atoms with E-state index in [4.69, 9.17) is 5.73 Å². The van der Waals surface area contributed by atoms with Crippen LogP contribution < -0.4 is 5.73 Å². The summed E-state index contributed by atoms with van der Waals surface area (Å²) in [5.74, 6) is -1.90. The lowest BCUT2D eigenvalue weighted by Crippen LogP contribution is -2.49. The van der Waals surface area contributed by atoms with Crippen molar-refractivity contribution in [3.63, 3.8) is 0 Å². The highest BCUT2D eigenvalue weighted by molar-refractivity contribution is 6.00. The van der Waals surface area contributed by atoms with Gasteiger partial charge in [0, 0.05) is 12.2 Å². The van der Waals surface area contributed by atoms with Crippen molar-refractivity contribution in [1.29, 1.82) is 0 Å². The molecule has 108 valence electrons. The fourth-order valence-electron chi connectivity index (χ4n) is 2.49. The molecule has 0 saturated carbocycles. The molecule has 1 aromatic carbocycles. The number of nitrogens with zero attached hydrogens (tertiary/aromatic N) is 1. The number of halogens is 1. The number of aliphatic carboxylic acids is 1. The Balaban J connectivity index is 2.31. The molecule has 1 aromatic rings. The number of carboxylic acid groups (broad SMARTS) is 1. The summed E-state index contributed by atoms with van der Waals surface area (Å²) in [7, 11) is 0. The number of nitrogens with two attached hydrogens (primary N) is 1. The molecule has 5 nitrogen and oxygen atoms in total. The summed E-state index contributed by atoms with van der Waals surface area (Å²) >= 11 is 0. The number of benzene rings is 1. The number of amides is 1. The van der Waals surface area contributed by atoms with Crippen molar-refractivity contribution in [3.05, 3.63) is 29.6 Å². The topological polar surface area (TPSA) is 83.6 Å². The van der Waals surface area contributed by atoms with E-state index < -0.39 is 23.7 Å². The highest BCUT2D eigenvalue weighted by Gasteiger charge is 2.35. The molecule has 1 aliphatic rings. The van der Waals surface area contributed by atoms with E-state index in [0.717, 1.165) is 12.5 Å². The first kappa shape index (κ1) is 14.3. The quantitative estimate of drug-likeness (QED) is 0.808. The van der Waals surface area contributed by atoms with E-state index in [-0.39, 0.29) is 17.2 Å². The molecule has 1 aliphatic heterocycles. The molecule has 1 heterocycles. The van der Waals surface area contributed by atoms with Crippen LogP contribution in [0.2, 0.25) is 0 Å². The number of carboxylic acids is 1. The average molecular weight is 280 g/mol. The van der Waals surface area contributed by atoms with E-state index in [1.165, 1.54) is 17.0 Å². The van der Waals surface area contributed by atoms with Gasteiger partial charge in [0.25, 0.3) is 5.91 Å². The van der Waals surface area contributed by atoms with Crippen LogP contribution in [-0.4, -0.2) is 34.5 Å². The van der Waals surface area contributed by atoms with Crippen LogP contribution in [0.15, 0.2) is 18.2 Å². The van der Waals surface area contributed by atoms with Gasteiger partial charge >= 0.3 is 5.97 Å². The first-order chi connectivity index (χ1) is 9.40. The molecule has 20 heavy (non-hydrogen) atoms. The fraction of sp³-hybridized carbons (Fsp3) is 0.429. The Morgan fingerprint density at radius 3 is 2.80 bits per heavy atom. The van der Waals surface area contributed by atoms with Crippen molar-refractivity contribution in [2.75, 3.05) is 12.3 Å². The fourth-order valence-corrected chi connectivity index (χ4v) is 2.49. The Morgan fingerprint density at radius 1 is 1.45 bits per heavy atom. The van der Waals surface area contributed by atoms with Crippen molar-refractivity contribution >= 4 is 17.6 Å². The molecule has 6 heteroatoms. The molecule has 1 saturated heterocycles. The van der Waals surface area contributed by atoms with Gasteiger partial charge in [-0.1, -0.05) is 6.92 Å². The van der Waals surface area contributed by atoms with Gasteiger partial charge in [0.2, 0.25) is 0 Å². The second kappa shape index (κ2) is 5.48. The van der Waals surface area contributed by atoms with Crippen molar-refractivity contribution in [3.8, 4) is 0 Å². The first-order valence-electron chi connectivity index (χ1n) is 6.49. The van der Waals surface area contributed by atoms with Gasteiger partial charge < -0.3 is 15.7 Å². The van der Waals surface area contributed by atoms with Gasteiger partial charge in [-0.2, -0.15) is 0 Å². The van der Waals surface area contributed by atoms with Crippen LogP contribution in [0.3, 0.4) is 0 Å². The molecule has 0 radical (unpaired) electrons. The van der Waals surface area contributed by atoms with Gasteiger partial charge in [-0.05, 0) is 37.0 Å². The highest BCUT2D eigenvalue weighted by atomic mass is 19.1. The zero-order valence-electron chi connectivity index (χ0n) is 11.2. The standard InChI is InChI=1S/C14H17FN2O3/c1-8-4-5-17(12(6-8)14(19)20)13(18)10-7-9(15)2-3-11(10)16/h2-3,7-8,12H,4-6,16H2,1H3,(H,19,20). The summed E-state index contributed by atoms with van der Waals surface area (Å²) in [4.78, 5) is 25.0. The van der Waals surface area contributed by atoms with Crippen LogP contribution in [0, 0.1) is 11.7 Å². The predicted octanol–water partition coefficient (Wildman–Crippen LogP) is 1.73. The SMILES string of the molecule is CC1CCN(C(=O)c2cc(F)ccc2N)C(C(=O)O)C1. The van der Waals surface area contributed by atoms with Crippen molar-refractivity contribution in [1.82, 2.24) is 4.90 Å². The van der Waals surface area contributed by atoms with Gasteiger partial charge in [-0.3, -0.25) is 4.79 Å². The Labute approximate surface area is 116 Å². The number of nitrogen functional groups attached to an aromatic ring is 1. The maximum absolute atomic E-state index is 13.2. The van der Waals surface area contributed by atoms with E-state index in [9.17, 15) is 19.1 Å². The van der Waals surface area contributed by atoms with Crippen molar-refractivity contribution in [2.24, 2.45) is 5.92 Å². The molecule has 3 N–H and O–H groups in total. The molecule has 1 fully saturated rings. The Hall–Kier alpha value is -2.11. The lowest BCUT2D eigenvalue weighted by Gasteiger charge is -2.36. The number of carbonyl (C=O) groups is 2. The maximum Gasteiger partial charge on any atom is 0.326 e. The number of hydrogen-bond acceptors (Lipinski definition) is 3. The molecule has 2 atom stereocenters. The minimum absolute atomic E-state index is 0.0193. The van der Waals surface area contributed by atoms with Gasteiger partial charge in [-0.15, -0.1) is 0 Å². The molecule has 0 spiro atoms. The summed E-state index contributed by atoms with van der Waals surface area (Å²) in [5, 5.41) is 9.25. The van der Waals surface area contributed by atoms with Crippen molar-refractivity contribution in [2.45, 2.75) is 25.8 Å². The molecular formula is C14H17FN2O3. The molecule has 0 aromatic heterocycles. The molecule has 2 rings (SSSR count). The third-order valence-electron chi connectivity index (χ3n) is 3.66. The van der Waals surface area contributed by atoms with Crippen LogP contribution in [-0.2, 0) is 4.79 Å². The van der Waals surface area contributed by atoms with E-state index in [1.54, 1.807) is 0 Å². The number of carbonyl (C=O) groups excluding carboxylic acids is 1. The van der Waals surface area contributed by atoms with Gasteiger partial charge in [-0.25, -0.2) is 9.18 Å². The minimum atomic E-state index is -1.04. The molecular weight excluding hydrogens is 263 g/mol. The van der Waals surface area contributed by atoms with E-state index in [0.29, 0.717) is 13.0 Å². The molecule has 0 aliphatic carbocycles. The van der Waals surface area contributed by atoms with E-state index >= 15 is 0 Å². The Bertz CT molecular complexity index is 547. The lowest BCUT2D eigenvalue weighted by atomic mass is 9.91. The van der Waals surface area contributed by atoms with E-state index in [1.807, 2.05) is 6.92 Å². The van der Waals surface area contributed by atoms with Crippen LogP contribution in [0.1, 0.15) is 30.1 Å². The minimum Gasteiger partial charge on any atom is -0.480 e. The second-order valence-corrected chi connectivity index (χ2v) is 5.21. The summed E-state index contributed by atoms with van der Waals surface area (Å²) in [6, 6.07) is 2.65. The average Bonchev–Trinajstić information content (AvgIpc) is 2.40. The maximum atomic E-state index is 13.2. The summed E-state index contributed by atoms with van der Waals surface area (Å²) < 4.78 is 13.2. The monoisotopic (exact) mass is 280 g/mol. The van der Waals surface area contributed by atoms with Gasteiger partial charge in [0.05, 0.1) is 5.56 Å². The summed E-state index contributed by atoms with van der Waals surface area (Å²) in [6.07, 6.45) is 1.13.